The fourth-order valence-electron chi connectivity index (χ4n) is 0.771. The Labute approximate surface area is 85.7 Å². The predicted octanol–water partition coefficient (Wildman–Crippen LogP) is 1.07. The van der Waals surface area contributed by atoms with Crippen LogP contribution in [-0.2, 0) is 17.8 Å². The number of aliphatic carboxylic acids is 1. The van der Waals surface area contributed by atoms with Crippen LogP contribution in [-0.4, -0.2) is 21.2 Å². The Bertz CT molecular complexity index is 276. The molecule has 0 bridgehead atoms. The molecular weight excluding hydrogens is 214 g/mol. The highest BCUT2D eigenvalue weighted by molar-refractivity contribution is 7.09. The smallest absolute Gasteiger partial charge is 0.303 e. The summed E-state index contributed by atoms with van der Waals surface area (Å²) in [6.45, 7) is -0.0717. The molecule has 0 radical (unpaired) electrons. The number of hydrogen-bond acceptors (Lipinski definition) is 4. The number of thiazole rings is 1. The van der Waals surface area contributed by atoms with Crippen molar-refractivity contribution in [3.05, 3.63) is 16.1 Å². The van der Waals surface area contributed by atoms with Gasteiger partial charge in [-0.3, -0.25) is 4.79 Å². The minimum atomic E-state index is -0.825. The van der Waals surface area contributed by atoms with Gasteiger partial charge >= 0.3 is 5.97 Å². The molecule has 0 unspecified atom stereocenters. The third-order valence-corrected chi connectivity index (χ3v) is 2.21. The van der Waals surface area contributed by atoms with Crippen LogP contribution in [0.3, 0.4) is 0 Å². The van der Waals surface area contributed by atoms with E-state index < -0.39 is 5.97 Å². The van der Waals surface area contributed by atoms with Crippen LogP contribution in [0.1, 0.15) is 17.1 Å². The monoisotopic (exact) mass is 223 g/mol. The Kier molecular flexibility index (Phi) is 5.61. The number of carboxylic acids is 1. The molecular formula is C7H10ClNO3S. The van der Waals surface area contributed by atoms with Crippen molar-refractivity contribution in [2.45, 2.75) is 19.4 Å². The van der Waals surface area contributed by atoms with Crippen molar-refractivity contribution in [1.29, 1.82) is 0 Å². The average Bonchev–Trinajstić information content (AvgIpc) is 2.48. The Morgan fingerprint density at radius 2 is 2.31 bits per heavy atom. The summed E-state index contributed by atoms with van der Waals surface area (Å²) >= 11 is 1.35. The van der Waals surface area contributed by atoms with Crippen molar-refractivity contribution in [1.82, 2.24) is 4.98 Å². The number of hydrogen-bond donors (Lipinski definition) is 2. The summed E-state index contributed by atoms with van der Waals surface area (Å²) in [7, 11) is 0. The lowest BCUT2D eigenvalue weighted by atomic mass is 10.2. The minimum Gasteiger partial charge on any atom is -0.481 e. The minimum absolute atomic E-state index is 0. The molecule has 0 aliphatic carbocycles. The van der Waals surface area contributed by atoms with Crippen LogP contribution in [0, 0.1) is 0 Å². The summed E-state index contributed by atoms with van der Waals surface area (Å²) < 4.78 is 0. The number of carboxylic acid groups (broad SMARTS) is 1. The molecule has 1 aromatic rings. The van der Waals surface area contributed by atoms with Gasteiger partial charge in [-0.2, -0.15) is 0 Å². The summed E-state index contributed by atoms with van der Waals surface area (Å²) in [5, 5.41) is 19.4. The van der Waals surface area contributed by atoms with Gasteiger partial charge in [0.05, 0.1) is 18.7 Å². The van der Waals surface area contributed by atoms with E-state index in [-0.39, 0.29) is 25.4 Å². The predicted molar refractivity (Wildman–Crippen MR) is 51.2 cm³/mol. The van der Waals surface area contributed by atoms with Crippen molar-refractivity contribution < 1.29 is 15.0 Å². The van der Waals surface area contributed by atoms with Crippen LogP contribution in [0.25, 0.3) is 0 Å². The van der Waals surface area contributed by atoms with E-state index in [1.807, 2.05) is 0 Å². The number of aromatic nitrogens is 1. The fraction of sp³-hybridized carbons (Fsp3) is 0.429. The molecule has 0 aliphatic heterocycles. The molecule has 0 atom stereocenters. The van der Waals surface area contributed by atoms with Crippen LogP contribution >= 0.6 is 23.7 Å². The molecule has 0 aromatic carbocycles. The molecule has 1 rings (SSSR count). The molecule has 13 heavy (non-hydrogen) atoms. The molecule has 0 amide bonds. The molecule has 74 valence electrons. The van der Waals surface area contributed by atoms with Crippen LogP contribution in [0.5, 0.6) is 0 Å². The van der Waals surface area contributed by atoms with Crippen LogP contribution in [0.15, 0.2) is 5.38 Å². The molecule has 4 nitrogen and oxygen atoms in total. The SMILES string of the molecule is Cl.O=C(O)CCc1csc(CO)n1. The number of rotatable bonds is 4. The Morgan fingerprint density at radius 3 is 2.77 bits per heavy atom. The van der Waals surface area contributed by atoms with Gasteiger partial charge in [0, 0.05) is 11.8 Å². The quantitative estimate of drug-likeness (QED) is 0.801. The molecule has 1 heterocycles. The fourth-order valence-corrected chi connectivity index (χ4v) is 1.46. The summed E-state index contributed by atoms with van der Waals surface area (Å²) in [6.07, 6.45) is 0.528. The topological polar surface area (TPSA) is 70.4 Å². The van der Waals surface area contributed by atoms with Crippen LogP contribution < -0.4 is 0 Å². The number of aliphatic hydroxyl groups is 1. The zero-order chi connectivity index (χ0) is 8.97. The molecule has 0 aliphatic rings. The second kappa shape index (κ2) is 5.90. The van der Waals surface area contributed by atoms with Gasteiger partial charge in [0.2, 0.25) is 0 Å². The van der Waals surface area contributed by atoms with E-state index in [9.17, 15) is 4.79 Å². The van der Waals surface area contributed by atoms with E-state index in [0.717, 1.165) is 5.69 Å². The Morgan fingerprint density at radius 1 is 1.62 bits per heavy atom. The molecule has 0 saturated heterocycles. The lowest BCUT2D eigenvalue weighted by Gasteiger charge is -1.90. The molecule has 0 spiro atoms. The maximum absolute atomic E-state index is 10.2. The van der Waals surface area contributed by atoms with Gasteiger partial charge in [-0.1, -0.05) is 0 Å². The molecule has 2 N–H and O–H groups in total. The van der Waals surface area contributed by atoms with E-state index in [0.29, 0.717) is 11.4 Å². The van der Waals surface area contributed by atoms with Gasteiger partial charge < -0.3 is 10.2 Å². The number of aliphatic hydroxyl groups excluding tert-OH is 1. The van der Waals surface area contributed by atoms with Crippen molar-refractivity contribution in [3.63, 3.8) is 0 Å². The maximum Gasteiger partial charge on any atom is 0.303 e. The van der Waals surface area contributed by atoms with E-state index in [1.54, 1.807) is 5.38 Å². The standard InChI is InChI=1S/C7H9NO3S.ClH/c9-3-6-8-5(4-12-6)1-2-7(10)11;/h4,9H,1-3H2,(H,10,11);1H. The largest absolute Gasteiger partial charge is 0.481 e. The number of nitrogens with zero attached hydrogens (tertiary/aromatic N) is 1. The van der Waals surface area contributed by atoms with Gasteiger partial charge in [-0.25, -0.2) is 4.98 Å². The first-order valence-corrected chi connectivity index (χ1v) is 4.36. The highest BCUT2D eigenvalue weighted by Gasteiger charge is 2.03. The maximum atomic E-state index is 10.2. The van der Waals surface area contributed by atoms with E-state index in [4.69, 9.17) is 10.2 Å². The van der Waals surface area contributed by atoms with Gasteiger partial charge in [-0.15, -0.1) is 23.7 Å². The van der Waals surface area contributed by atoms with Crippen molar-refractivity contribution >= 4 is 29.7 Å². The van der Waals surface area contributed by atoms with E-state index in [2.05, 4.69) is 4.98 Å². The average molecular weight is 224 g/mol. The van der Waals surface area contributed by atoms with Crippen molar-refractivity contribution in [3.8, 4) is 0 Å². The second-order valence-corrected chi connectivity index (χ2v) is 3.23. The summed E-state index contributed by atoms with van der Waals surface area (Å²) in [5.74, 6) is -0.825. The van der Waals surface area contributed by atoms with Crippen LogP contribution in [0.2, 0.25) is 0 Å². The Balaban J connectivity index is 0.00000144. The van der Waals surface area contributed by atoms with E-state index >= 15 is 0 Å². The Hall–Kier alpha value is -0.650. The van der Waals surface area contributed by atoms with E-state index in [1.165, 1.54) is 11.3 Å². The van der Waals surface area contributed by atoms with Gasteiger partial charge in [0.25, 0.3) is 0 Å². The van der Waals surface area contributed by atoms with Gasteiger partial charge in [-0.05, 0) is 0 Å². The molecule has 0 saturated carbocycles. The van der Waals surface area contributed by atoms with Gasteiger partial charge in [0.1, 0.15) is 5.01 Å². The highest BCUT2D eigenvalue weighted by atomic mass is 35.5. The first-order chi connectivity index (χ1) is 5.72. The van der Waals surface area contributed by atoms with Crippen LogP contribution in [0.4, 0.5) is 0 Å². The molecule has 1 aromatic heterocycles. The summed E-state index contributed by atoms with van der Waals surface area (Å²) in [4.78, 5) is 14.2. The molecule has 0 fully saturated rings. The van der Waals surface area contributed by atoms with Crippen molar-refractivity contribution in [2.75, 3.05) is 0 Å². The number of carbonyl (C=O) groups is 1. The second-order valence-electron chi connectivity index (χ2n) is 2.28. The zero-order valence-electron chi connectivity index (χ0n) is 6.77. The van der Waals surface area contributed by atoms with Gasteiger partial charge in [0.15, 0.2) is 0 Å². The van der Waals surface area contributed by atoms with Crippen molar-refractivity contribution in [2.24, 2.45) is 0 Å². The first kappa shape index (κ1) is 12.3. The molecule has 6 heteroatoms. The number of aryl methyl sites for hydroxylation is 1. The normalized spacial score (nSPS) is 9.31. The number of halogens is 1. The lowest BCUT2D eigenvalue weighted by molar-refractivity contribution is -0.136. The first-order valence-electron chi connectivity index (χ1n) is 3.48. The highest BCUT2D eigenvalue weighted by Crippen LogP contribution is 2.10. The lowest BCUT2D eigenvalue weighted by Crippen LogP contribution is -1.97. The third-order valence-electron chi connectivity index (χ3n) is 1.33. The third kappa shape index (κ3) is 4.21. The zero-order valence-corrected chi connectivity index (χ0v) is 8.40. The summed E-state index contributed by atoms with van der Waals surface area (Å²) in [6, 6.07) is 0. The summed E-state index contributed by atoms with van der Waals surface area (Å²) in [5.41, 5.74) is 0.742.